The van der Waals surface area contributed by atoms with E-state index in [1.807, 2.05) is 38.1 Å². The van der Waals surface area contributed by atoms with Gasteiger partial charge in [-0.2, -0.15) is 0 Å². The number of hydrogen-bond donors (Lipinski definition) is 0. The van der Waals surface area contributed by atoms with Gasteiger partial charge in [-0.25, -0.2) is 4.79 Å². The van der Waals surface area contributed by atoms with Gasteiger partial charge >= 0.3 is 11.9 Å². The smallest absolute Gasteiger partial charge is 0.330 e. The number of benzene rings is 1. The number of carbonyl (C=O) groups excluding carboxylic acids is 2. The lowest BCUT2D eigenvalue weighted by atomic mass is 10.1. The van der Waals surface area contributed by atoms with Gasteiger partial charge in [-0.05, 0) is 37.1 Å². The fourth-order valence-electron chi connectivity index (χ4n) is 1.65. The third kappa shape index (κ3) is 7.49. The first-order valence-corrected chi connectivity index (χ1v) is 7.81. The Labute approximate surface area is 137 Å². The lowest BCUT2D eigenvalue weighted by Crippen LogP contribution is -2.17. The molecule has 1 unspecified atom stereocenters. The first-order valence-electron chi connectivity index (χ1n) is 7.81. The molecule has 126 valence electrons. The summed E-state index contributed by atoms with van der Waals surface area (Å²) in [4.78, 5) is 23.0. The third-order valence-electron chi connectivity index (χ3n) is 3.19. The molecule has 0 spiro atoms. The molecule has 1 aromatic carbocycles. The van der Waals surface area contributed by atoms with Crippen molar-refractivity contribution in [3.63, 3.8) is 0 Å². The van der Waals surface area contributed by atoms with Gasteiger partial charge in [0.25, 0.3) is 0 Å². The van der Waals surface area contributed by atoms with Crippen LogP contribution in [0.2, 0.25) is 0 Å². The molecule has 0 aliphatic rings. The van der Waals surface area contributed by atoms with E-state index < -0.39 is 5.97 Å². The van der Waals surface area contributed by atoms with Crippen molar-refractivity contribution in [3.8, 4) is 5.75 Å². The molecule has 5 nitrogen and oxygen atoms in total. The summed E-state index contributed by atoms with van der Waals surface area (Å²) in [6, 6.07) is 7.37. The molecule has 1 aromatic rings. The van der Waals surface area contributed by atoms with E-state index in [0.717, 1.165) is 17.7 Å². The molecule has 0 saturated heterocycles. The summed E-state index contributed by atoms with van der Waals surface area (Å²) in [5.74, 6) is -0.0902. The molecule has 0 radical (unpaired) electrons. The highest BCUT2D eigenvalue weighted by molar-refractivity contribution is 5.87. The van der Waals surface area contributed by atoms with E-state index in [2.05, 4.69) is 0 Å². The standard InChI is InChI=1S/C18H24O5/c1-4-14(3)18(20)23-13-12-22-17(19)11-8-15-6-9-16(10-7-15)21-5-2/h6-11,14H,4-5,12-13H2,1-3H3/b11-8+. The number of esters is 2. The molecule has 0 aromatic heterocycles. The maximum Gasteiger partial charge on any atom is 0.330 e. The maximum atomic E-state index is 11.5. The van der Waals surface area contributed by atoms with Gasteiger partial charge in [0.15, 0.2) is 0 Å². The molecule has 0 aliphatic heterocycles. The Morgan fingerprint density at radius 2 is 1.74 bits per heavy atom. The summed E-state index contributed by atoms with van der Waals surface area (Å²) in [5.41, 5.74) is 0.869. The molecule has 23 heavy (non-hydrogen) atoms. The number of ether oxygens (including phenoxy) is 3. The molecule has 0 bridgehead atoms. The third-order valence-corrected chi connectivity index (χ3v) is 3.19. The van der Waals surface area contributed by atoms with Crippen molar-refractivity contribution in [2.75, 3.05) is 19.8 Å². The van der Waals surface area contributed by atoms with Crippen LogP contribution < -0.4 is 4.74 Å². The van der Waals surface area contributed by atoms with Crippen LogP contribution in [0, 0.1) is 5.92 Å². The van der Waals surface area contributed by atoms with E-state index >= 15 is 0 Å². The van der Waals surface area contributed by atoms with Gasteiger partial charge in [-0.1, -0.05) is 26.0 Å². The minimum absolute atomic E-state index is 0.0502. The number of carbonyl (C=O) groups is 2. The quantitative estimate of drug-likeness (QED) is 0.397. The summed E-state index contributed by atoms with van der Waals surface area (Å²) in [6.07, 6.45) is 3.72. The second-order valence-corrected chi connectivity index (χ2v) is 4.98. The van der Waals surface area contributed by atoms with Crippen LogP contribution in [0.25, 0.3) is 6.08 Å². The zero-order chi connectivity index (χ0) is 17.1. The van der Waals surface area contributed by atoms with Gasteiger partial charge in [-0.15, -0.1) is 0 Å². The lowest BCUT2D eigenvalue weighted by molar-refractivity contribution is -0.152. The monoisotopic (exact) mass is 320 g/mol. The van der Waals surface area contributed by atoms with Crippen molar-refractivity contribution in [2.45, 2.75) is 27.2 Å². The molecule has 0 amide bonds. The van der Waals surface area contributed by atoms with Gasteiger partial charge in [0.05, 0.1) is 12.5 Å². The van der Waals surface area contributed by atoms with Crippen LogP contribution in [0.3, 0.4) is 0 Å². The average Bonchev–Trinajstić information content (AvgIpc) is 2.57. The zero-order valence-electron chi connectivity index (χ0n) is 13.9. The second kappa shape index (κ2) is 10.4. The average molecular weight is 320 g/mol. The van der Waals surface area contributed by atoms with Crippen LogP contribution in [0.15, 0.2) is 30.3 Å². The van der Waals surface area contributed by atoms with E-state index in [-0.39, 0.29) is 25.1 Å². The van der Waals surface area contributed by atoms with E-state index in [1.54, 1.807) is 13.0 Å². The molecule has 1 atom stereocenters. The predicted octanol–water partition coefficient (Wildman–Crippen LogP) is 3.23. The molecule has 0 saturated carbocycles. The number of rotatable bonds is 9. The van der Waals surface area contributed by atoms with Gasteiger partial charge < -0.3 is 14.2 Å². The van der Waals surface area contributed by atoms with Crippen LogP contribution in [-0.4, -0.2) is 31.8 Å². The SMILES string of the molecule is CCOc1ccc(/C=C/C(=O)OCCOC(=O)C(C)CC)cc1. The molecule has 1 rings (SSSR count). The van der Waals surface area contributed by atoms with Crippen molar-refractivity contribution in [1.29, 1.82) is 0 Å². The Hall–Kier alpha value is -2.30. The Balaban J connectivity index is 2.29. The van der Waals surface area contributed by atoms with Crippen LogP contribution >= 0.6 is 0 Å². The maximum absolute atomic E-state index is 11.5. The first kappa shape index (κ1) is 18.7. The molecular formula is C18H24O5. The molecule has 0 N–H and O–H groups in total. The Kier molecular flexibility index (Phi) is 8.50. The summed E-state index contributed by atoms with van der Waals surface area (Å²) in [7, 11) is 0. The molecule has 0 heterocycles. The summed E-state index contributed by atoms with van der Waals surface area (Å²) in [5, 5.41) is 0. The Morgan fingerprint density at radius 3 is 2.35 bits per heavy atom. The molecule has 0 fully saturated rings. The van der Waals surface area contributed by atoms with Crippen molar-refractivity contribution in [2.24, 2.45) is 5.92 Å². The largest absolute Gasteiger partial charge is 0.494 e. The number of hydrogen-bond acceptors (Lipinski definition) is 5. The Morgan fingerprint density at radius 1 is 1.09 bits per heavy atom. The molecular weight excluding hydrogens is 296 g/mol. The van der Waals surface area contributed by atoms with E-state index in [9.17, 15) is 9.59 Å². The first-order chi connectivity index (χ1) is 11.1. The van der Waals surface area contributed by atoms with Crippen molar-refractivity contribution >= 4 is 18.0 Å². The highest BCUT2D eigenvalue weighted by Gasteiger charge is 2.11. The Bertz CT molecular complexity index is 519. The topological polar surface area (TPSA) is 61.8 Å². The van der Waals surface area contributed by atoms with Crippen molar-refractivity contribution < 1.29 is 23.8 Å². The second-order valence-electron chi connectivity index (χ2n) is 4.98. The highest BCUT2D eigenvalue weighted by Crippen LogP contribution is 2.13. The van der Waals surface area contributed by atoms with Crippen LogP contribution in [0.4, 0.5) is 0 Å². The van der Waals surface area contributed by atoms with Crippen LogP contribution in [0.1, 0.15) is 32.8 Å². The van der Waals surface area contributed by atoms with Crippen LogP contribution in [-0.2, 0) is 19.1 Å². The predicted molar refractivity (Wildman–Crippen MR) is 88.0 cm³/mol. The van der Waals surface area contributed by atoms with Crippen molar-refractivity contribution in [3.05, 3.63) is 35.9 Å². The van der Waals surface area contributed by atoms with Crippen molar-refractivity contribution in [1.82, 2.24) is 0 Å². The fourth-order valence-corrected chi connectivity index (χ4v) is 1.65. The fraction of sp³-hybridized carbons (Fsp3) is 0.444. The minimum Gasteiger partial charge on any atom is -0.494 e. The van der Waals surface area contributed by atoms with Crippen LogP contribution in [0.5, 0.6) is 5.75 Å². The van der Waals surface area contributed by atoms with E-state index in [0.29, 0.717) is 6.61 Å². The molecule has 5 heteroatoms. The minimum atomic E-state index is -0.474. The summed E-state index contributed by atoms with van der Waals surface area (Å²) in [6.45, 7) is 6.37. The van der Waals surface area contributed by atoms with Gasteiger partial charge in [0.1, 0.15) is 19.0 Å². The lowest BCUT2D eigenvalue weighted by Gasteiger charge is -2.08. The van der Waals surface area contributed by atoms with E-state index in [1.165, 1.54) is 6.08 Å². The van der Waals surface area contributed by atoms with Gasteiger partial charge in [0, 0.05) is 6.08 Å². The normalized spacial score (nSPS) is 12.0. The van der Waals surface area contributed by atoms with Gasteiger partial charge in [0.2, 0.25) is 0 Å². The molecule has 0 aliphatic carbocycles. The summed E-state index contributed by atoms with van der Waals surface area (Å²) < 4.78 is 15.3. The summed E-state index contributed by atoms with van der Waals surface area (Å²) >= 11 is 0. The van der Waals surface area contributed by atoms with E-state index in [4.69, 9.17) is 14.2 Å². The van der Waals surface area contributed by atoms with Gasteiger partial charge in [-0.3, -0.25) is 4.79 Å². The zero-order valence-corrected chi connectivity index (χ0v) is 13.9. The highest BCUT2D eigenvalue weighted by atomic mass is 16.6.